The number of aliphatic carboxylic acids is 1. The first kappa shape index (κ1) is 13.8. The van der Waals surface area contributed by atoms with E-state index in [1.165, 1.54) is 0 Å². The molecule has 0 radical (unpaired) electrons. The Morgan fingerprint density at radius 3 is 3.00 bits per heavy atom. The van der Waals surface area contributed by atoms with Gasteiger partial charge in [-0.2, -0.15) is 5.10 Å². The van der Waals surface area contributed by atoms with Gasteiger partial charge < -0.3 is 5.11 Å². The van der Waals surface area contributed by atoms with E-state index in [1.807, 2.05) is 35.9 Å². The molecule has 0 fully saturated rings. The topological polar surface area (TPSA) is 71.2 Å². The van der Waals surface area contributed by atoms with Crippen LogP contribution in [0.2, 0.25) is 0 Å². The van der Waals surface area contributed by atoms with Crippen LogP contribution in [0.4, 0.5) is 0 Å². The van der Waals surface area contributed by atoms with Gasteiger partial charge in [-0.25, -0.2) is 9.67 Å². The summed E-state index contributed by atoms with van der Waals surface area (Å²) in [6.07, 6.45) is 1.55. The van der Waals surface area contributed by atoms with Crippen molar-refractivity contribution in [2.45, 2.75) is 32.5 Å². The molecule has 0 spiro atoms. The summed E-state index contributed by atoms with van der Waals surface area (Å²) in [6, 6.07) is 7.77. The van der Waals surface area contributed by atoms with Crippen LogP contribution in [-0.2, 0) is 24.4 Å². The standard InChI is InChI=1S/C15H18N4O2/c1-2-19-14(16-10-17-19)9-18-7-11-5-3-4-6-12(11)13(8-18)15(20)21/h3-6,10,13H,2,7-9H2,1H3,(H,20,21). The van der Waals surface area contributed by atoms with Crippen LogP contribution in [0.5, 0.6) is 0 Å². The summed E-state index contributed by atoms with van der Waals surface area (Å²) in [7, 11) is 0. The van der Waals surface area contributed by atoms with Crippen LogP contribution < -0.4 is 0 Å². The van der Waals surface area contributed by atoms with Crippen molar-refractivity contribution in [3.8, 4) is 0 Å². The lowest BCUT2D eigenvalue weighted by molar-refractivity contribution is -0.139. The summed E-state index contributed by atoms with van der Waals surface area (Å²) in [6.45, 7) is 4.65. The number of nitrogens with zero attached hydrogens (tertiary/aromatic N) is 4. The van der Waals surface area contributed by atoms with Gasteiger partial charge in [0.25, 0.3) is 0 Å². The van der Waals surface area contributed by atoms with Crippen molar-refractivity contribution in [1.29, 1.82) is 0 Å². The molecule has 0 saturated heterocycles. The smallest absolute Gasteiger partial charge is 0.312 e. The van der Waals surface area contributed by atoms with Crippen LogP contribution in [-0.4, -0.2) is 37.3 Å². The average Bonchev–Trinajstić information content (AvgIpc) is 2.93. The van der Waals surface area contributed by atoms with Crippen molar-refractivity contribution in [1.82, 2.24) is 19.7 Å². The number of benzene rings is 1. The Morgan fingerprint density at radius 2 is 2.24 bits per heavy atom. The van der Waals surface area contributed by atoms with Gasteiger partial charge in [0.1, 0.15) is 12.2 Å². The van der Waals surface area contributed by atoms with E-state index in [2.05, 4.69) is 15.0 Å². The lowest BCUT2D eigenvalue weighted by Gasteiger charge is -2.32. The molecular weight excluding hydrogens is 268 g/mol. The largest absolute Gasteiger partial charge is 0.481 e. The normalized spacial score (nSPS) is 18.4. The molecule has 1 atom stereocenters. The number of carboxylic acids is 1. The Bertz CT molecular complexity index is 653. The van der Waals surface area contributed by atoms with Gasteiger partial charge in [-0.15, -0.1) is 0 Å². The van der Waals surface area contributed by atoms with Gasteiger partial charge in [-0.3, -0.25) is 9.69 Å². The summed E-state index contributed by atoms with van der Waals surface area (Å²) >= 11 is 0. The van der Waals surface area contributed by atoms with Gasteiger partial charge in [0.2, 0.25) is 0 Å². The highest BCUT2D eigenvalue weighted by Gasteiger charge is 2.30. The molecule has 0 saturated carbocycles. The molecule has 0 amide bonds. The molecule has 6 nitrogen and oxygen atoms in total. The van der Waals surface area contributed by atoms with Gasteiger partial charge in [-0.1, -0.05) is 24.3 Å². The molecular formula is C15H18N4O2. The van der Waals surface area contributed by atoms with E-state index in [4.69, 9.17) is 0 Å². The van der Waals surface area contributed by atoms with Gasteiger partial charge in [0.05, 0.1) is 12.5 Å². The summed E-state index contributed by atoms with van der Waals surface area (Å²) < 4.78 is 1.84. The zero-order valence-electron chi connectivity index (χ0n) is 11.9. The summed E-state index contributed by atoms with van der Waals surface area (Å²) in [5.74, 6) is -0.377. The molecule has 1 aromatic heterocycles. The minimum Gasteiger partial charge on any atom is -0.481 e. The SMILES string of the molecule is CCn1ncnc1CN1Cc2ccccc2C(C(=O)O)C1. The highest BCUT2D eigenvalue weighted by molar-refractivity contribution is 5.77. The summed E-state index contributed by atoms with van der Waals surface area (Å²) in [5, 5.41) is 13.6. The number of fused-ring (bicyclic) bond motifs is 1. The number of hydrogen-bond donors (Lipinski definition) is 1. The van der Waals surface area contributed by atoms with E-state index in [0.29, 0.717) is 13.1 Å². The Morgan fingerprint density at radius 1 is 1.43 bits per heavy atom. The second-order valence-corrected chi connectivity index (χ2v) is 5.25. The fourth-order valence-electron chi connectivity index (χ4n) is 2.89. The Kier molecular flexibility index (Phi) is 3.70. The molecule has 1 aliphatic rings. The number of aryl methyl sites for hydroxylation is 1. The Labute approximate surface area is 123 Å². The fourth-order valence-corrected chi connectivity index (χ4v) is 2.89. The summed E-state index contributed by atoms with van der Waals surface area (Å²) in [4.78, 5) is 17.9. The molecule has 0 bridgehead atoms. The zero-order chi connectivity index (χ0) is 14.8. The van der Waals surface area contributed by atoms with Crippen molar-refractivity contribution in [2.24, 2.45) is 0 Å². The molecule has 110 valence electrons. The maximum Gasteiger partial charge on any atom is 0.312 e. The highest BCUT2D eigenvalue weighted by Crippen LogP contribution is 2.29. The van der Waals surface area contributed by atoms with Gasteiger partial charge in [0, 0.05) is 19.6 Å². The third-order valence-corrected chi connectivity index (χ3v) is 3.92. The van der Waals surface area contributed by atoms with E-state index in [0.717, 1.165) is 30.0 Å². The second kappa shape index (κ2) is 5.65. The number of hydrogen-bond acceptors (Lipinski definition) is 4. The second-order valence-electron chi connectivity index (χ2n) is 5.25. The van der Waals surface area contributed by atoms with Crippen LogP contribution in [0.1, 0.15) is 29.8 Å². The van der Waals surface area contributed by atoms with E-state index >= 15 is 0 Å². The van der Waals surface area contributed by atoms with Crippen LogP contribution in [0.25, 0.3) is 0 Å². The van der Waals surface area contributed by atoms with Crippen molar-refractivity contribution < 1.29 is 9.90 Å². The molecule has 1 aliphatic heterocycles. The van der Waals surface area contributed by atoms with E-state index < -0.39 is 11.9 Å². The Hall–Kier alpha value is -2.21. The maximum absolute atomic E-state index is 11.5. The molecule has 1 N–H and O–H groups in total. The average molecular weight is 286 g/mol. The minimum atomic E-state index is -0.774. The lowest BCUT2D eigenvalue weighted by Crippen LogP contribution is -2.37. The quantitative estimate of drug-likeness (QED) is 0.922. The van der Waals surface area contributed by atoms with Gasteiger partial charge in [0.15, 0.2) is 0 Å². The third kappa shape index (κ3) is 2.67. The number of aromatic nitrogens is 3. The Balaban J connectivity index is 1.85. The molecule has 1 unspecified atom stereocenters. The highest BCUT2D eigenvalue weighted by atomic mass is 16.4. The molecule has 3 rings (SSSR count). The van der Waals surface area contributed by atoms with E-state index in [-0.39, 0.29) is 0 Å². The fraction of sp³-hybridized carbons (Fsp3) is 0.400. The number of carboxylic acid groups (broad SMARTS) is 1. The molecule has 21 heavy (non-hydrogen) atoms. The maximum atomic E-state index is 11.5. The van der Waals surface area contributed by atoms with Crippen LogP contribution in [0.3, 0.4) is 0 Å². The van der Waals surface area contributed by atoms with Crippen LogP contribution in [0, 0.1) is 0 Å². The third-order valence-electron chi connectivity index (χ3n) is 3.92. The molecule has 2 aromatic rings. The summed E-state index contributed by atoms with van der Waals surface area (Å²) in [5.41, 5.74) is 2.01. The zero-order valence-corrected chi connectivity index (χ0v) is 11.9. The van der Waals surface area contributed by atoms with Crippen molar-refractivity contribution in [3.05, 3.63) is 47.5 Å². The van der Waals surface area contributed by atoms with E-state index in [1.54, 1.807) is 6.33 Å². The number of rotatable bonds is 4. The monoisotopic (exact) mass is 286 g/mol. The van der Waals surface area contributed by atoms with Crippen LogP contribution in [0.15, 0.2) is 30.6 Å². The predicted octanol–water partition coefficient (Wildman–Crippen LogP) is 1.48. The van der Waals surface area contributed by atoms with Crippen LogP contribution >= 0.6 is 0 Å². The van der Waals surface area contributed by atoms with Crippen molar-refractivity contribution in [2.75, 3.05) is 6.54 Å². The van der Waals surface area contributed by atoms with Gasteiger partial charge in [-0.05, 0) is 18.1 Å². The first-order valence-corrected chi connectivity index (χ1v) is 7.08. The predicted molar refractivity (Wildman–Crippen MR) is 76.6 cm³/mol. The molecule has 2 heterocycles. The molecule has 1 aromatic carbocycles. The molecule has 6 heteroatoms. The van der Waals surface area contributed by atoms with Crippen molar-refractivity contribution in [3.63, 3.8) is 0 Å². The van der Waals surface area contributed by atoms with E-state index in [9.17, 15) is 9.90 Å². The minimum absolute atomic E-state index is 0.479. The molecule has 0 aliphatic carbocycles. The first-order chi connectivity index (χ1) is 10.2. The van der Waals surface area contributed by atoms with Gasteiger partial charge >= 0.3 is 5.97 Å². The number of carbonyl (C=O) groups is 1. The first-order valence-electron chi connectivity index (χ1n) is 7.08. The lowest BCUT2D eigenvalue weighted by atomic mass is 9.90. The van der Waals surface area contributed by atoms with Crippen molar-refractivity contribution >= 4 is 5.97 Å².